The molecule has 1 aromatic heterocycles. The maximum absolute atomic E-state index is 12.3. The van der Waals surface area contributed by atoms with Crippen LogP contribution in [0.4, 0.5) is 11.4 Å². The molecule has 8 heteroatoms. The Kier molecular flexibility index (Phi) is 6.14. The summed E-state index contributed by atoms with van der Waals surface area (Å²) in [5, 5.41) is 4.46. The molecule has 0 fully saturated rings. The van der Waals surface area contributed by atoms with E-state index in [1.165, 1.54) is 13.1 Å². The van der Waals surface area contributed by atoms with Crippen molar-refractivity contribution in [3.63, 3.8) is 0 Å². The number of primary amides is 1. The highest BCUT2D eigenvalue weighted by Crippen LogP contribution is 2.35. The third kappa shape index (κ3) is 4.44. The van der Waals surface area contributed by atoms with Gasteiger partial charge in [-0.2, -0.15) is 0 Å². The molecular weight excluding hydrogens is 461 g/mol. The van der Waals surface area contributed by atoms with Gasteiger partial charge in [0.05, 0.1) is 32.4 Å². The van der Waals surface area contributed by atoms with E-state index in [9.17, 15) is 14.4 Å². The van der Waals surface area contributed by atoms with Gasteiger partial charge in [-0.3, -0.25) is 19.4 Å². The molecular formula is C25H17Cl2N3O3. The summed E-state index contributed by atoms with van der Waals surface area (Å²) < 4.78 is 0. The summed E-state index contributed by atoms with van der Waals surface area (Å²) in [6.07, 6.45) is 2.14. The van der Waals surface area contributed by atoms with E-state index in [0.29, 0.717) is 45.3 Å². The zero-order valence-corrected chi connectivity index (χ0v) is 18.9. The van der Waals surface area contributed by atoms with Crippen molar-refractivity contribution in [2.75, 3.05) is 5.32 Å². The summed E-state index contributed by atoms with van der Waals surface area (Å²) in [6, 6.07) is 15.5. The van der Waals surface area contributed by atoms with E-state index in [0.717, 1.165) is 5.56 Å². The first-order valence-corrected chi connectivity index (χ1v) is 10.6. The van der Waals surface area contributed by atoms with Gasteiger partial charge in [0.2, 0.25) is 5.91 Å². The number of carbonyl (C=O) groups excluding carboxylic acids is 3. The Morgan fingerprint density at radius 3 is 2.21 bits per heavy atom. The quantitative estimate of drug-likeness (QED) is 0.259. The number of nitrogens with two attached hydrogens (primary N) is 1. The minimum absolute atomic E-state index is 0.160. The maximum atomic E-state index is 12.3. The van der Waals surface area contributed by atoms with Gasteiger partial charge in [-0.15, -0.1) is 0 Å². The Morgan fingerprint density at radius 2 is 1.64 bits per heavy atom. The van der Waals surface area contributed by atoms with Gasteiger partial charge < -0.3 is 11.1 Å². The second kappa shape index (κ2) is 9.02. The monoisotopic (exact) mass is 477 g/mol. The van der Waals surface area contributed by atoms with Crippen LogP contribution in [0, 0.1) is 0 Å². The van der Waals surface area contributed by atoms with Gasteiger partial charge in [-0.1, -0.05) is 29.3 Å². The molecule has 4 rings (SSSR count). The van der Waals surface area contributed by atoms with E-state index in [2.05, 4.69) is 10.3 Å². The normalized spacial score (nSPS) is 10.8. The van der Waals surface area contributed by atoms with Crippen LogP contribution in [0.2, 0.25) is 10.0 Å². The first kappa shape index (κ1) is 22.5. The summed E-state index contributed by atoms with van der Waals surface area (Å²) in [7, 11) is 0. The van der Waals surface area contributed by atoms with Gasteiger partial charge in [-0.05, 0) is 66.6 Å². The van der Waals surface area contributed by atoms with E-state index < -0.39 is 5.91 Å². The maximum Gasteiger partial charge on any atom is 0.248 e. The summed E-state index contributed by atoms with van der Waals surface area (Å²) in [5.74, 6) is -0.685. The molecule has 33 heavy (non-hydrogen) atoms. The summed E-state index contributed by atoms with van der Waals surface area (Å²) in [5.41, 5.74) is 9.72. The van der Waals surface area contributed by atoms with E-state index in [-0.39, 0.29) is 21.4 Å². The lowest BCUT2D eigenvalue weighted by molar-refractivity contribution is 0.0996. The topological polar surface area (TPSA) is 102 Å². The summed E-state index contributed by atoms with van der Waals surface area (Å²) >= 11 is 12.5. The number of nitrogens with zero attached hydrogens (tertiary/aromatic N) is 1. The zero-order valence-electron chi connectivity index (χ0n) is 17.4. The van der Waals surface area contributed by atoms with Crippen molar-refractivity contribution in [1.82, 2.24) is 4.98 Å². The summed E-state index contributed by atoms with van der Waals surface area (Å²) in [6.45, 7) is 1.46. The number of aromatic nitrogens is 1. The van der Waals surface area contributed by atoms with E-state index in [1.54, 1.807) is 36.4 Å². The predicted molar refractivity (Wildman–Crippen MR) is 131 cm³/mol. The molecule has 0 saturated heterocycles. The molecule has 0 aliphatic carbocycles. The third-order valence-electron chi connectivity index (χ3n) is 5.22. The van der Waals surface area contributed by atoms with Gasteiger partial charge >= 0.3 is 0 Å². The number of fused-ring (bicyclic) bond motifs is 1. The molecule has 3 N–H and O–H groups in total. The molecule has 0 aliphatic rings. The first-order chi connectivity index (χ1) is 15.8. The highest BCUT2D eigenvalue weighted by atomic mass is 35.5. The van der Waals surface area contributed by atoms with Crippen LogP contribution >= 0.6 is 23.2 Å². The van der Waals surface area contributed by atoms with Crippen LogP contribution in [0.5, 0.6) is 0 Å². The smallest absolute Gasteiger partial charge is 0.248 e. The van der Waals surface area contributed by atoms with E-state index in [4.69, 9.17) is 28.9 Å². The van der Waals surface area contributed by atoms with E-state index in [1.807, 2.05) is 18.2 Å². The van der Waals surface area contributed by atoms with Crippen LogP contribution in [-0.2, 0) is 0 Å². The van der Waals surface area contributed by atoms with Crippen LogP contribution in [0.1, 0.15) is 38.0 Å². The van der Waals surface area contributed by atoms with Crippen molar-refractivity contribution < 1.29 is 14.4 Å². The molecule has 0 bridgehead atoms. The highest BCUT2D eigenvalue weighted by Gasteiger charge is 2.15. The molecule has 1 amide bonds. The van der Waals surface area contributed by atoms with Crippen molar-refractivity contribution in [3.05, 3.63) is 87.5 Å². The number of hydrogen-bond donors (Lipinski definition) is 2. The van der Waals surface area contributed by atoms with Crippen molar-refractivity contribution in [3.8, 4) is 11.1 Å². The molecule has 0 radical (unpaired) electrons. The molecule has 1 heterocycles. The number of hydrogen-bond acceptors (Lipinski definition) is 5. The Bertz CT molecular complexity index is 1410. The van der Waals surface area contributed by atoms with Crippen LogP contribution < -0.4 is 11.1 Å². The lowest BCUT2D eigenvalue weighted by Crippen LogP contribution is -2.10. The number of anilines is 2. The van der Waals surface area contributed by atoms with Crippen molar-refractivity contribution in [2.45, 2.75) is 6.92 Å². The molecule has 0 aliphatic heterocycles. The lowest BCUT2D eigenvalue weighted by Gasteiger charge is -2.15. The average molecular weight is 478 g/mol. The molecule has 0 saturated carbocycles. The fraction of sp³-hybridized carbons (Fsp3) is 0.0400. The Balaban J connectivity index is 1.87. The SMILES string of the molecule is CC(=O)c1cnc2ccc(-c3cc(Cl)c(C=O)c(Cl)c3)cc2c1Nc1ccc(C(N)=O)cc1. The number of aldehydes is 1. The second-order valence-electron chi connectivity index (χ2n) is 7.37. The fourth-order valence-corrected chi connectivity index (χ4v) is 4.08. The van der Waals surface area contributed by atoms with Gasteiger partial charge in [-0.25, -0.2) is 0 Å². The zero-order chi connectivity index (χ0) is 23.7. The number of Topliss-reactive ketones (excluding diaryl/α,β-unsaturated/α-hetero) is 1. The van der Waals surface area contributed by atoms with Crippen LogP contribution in [0.15, 0.2) is 60.8 Å². The molecule has 4 aromatic rings. The Hall–Kier alpha value is -3.74. The van der Waals surface area contributed by atoms with E-state index >= 15 is 0 Å². The Morgan fingerprint density at radius 1 is 0.970 bits per heavy atom. The number of pyridine rings is 1. The number of nitrogens with one attached hydrogen (secondary N) is 1. The fourth-order valence-electron chi connectivity index (χ4n) is 3.50. The molecule has 0 unspecified atom stereocenters. The Labute approximate surface area is 199 Å². The standard InChI is InChI=1S/C25H17Cl2N3O3/c1-13(32)19-11-29-23-7-4-15(16-9-21(26)20(12-31)22(27)10-16)8-18(23)24(19)30-17-5-2-14(3-6-17)25(28)33/h2-12H,1H3,(H2,28,33)(H,29,30). The van der Waals surface area contributed by atoms with Crippen molar-refractivity contribution in [1.29, 1.82) is 0 Å². The third-order valence-corrected chi connectivity index (χ3v) is 5.84. The summed E-state index contributed by atoms with van der Waals surface area (Å²) in [4.78, 5) is 39.3. The highest BCUT2D eigenvalue weighted by molar-refractivity contribution is 6.39. The number of rotatable bonds is 6. The van der Waals surface area contributed by atoms with Crippen LogP contribution in [-0.4, -0.2) is 23.0 Å². The lowest BCUT2D eigenvalue weighted by atomic mass is 9.99. The minimum atomic E-state index is -0.525. The average Bonchev–Trinajstić information content (AvgIpc) is 2.79. The predicted octanol–water partition coefficient (Wildman–Crippen LogP) is 6.07. The van der Waals surface area contributed by atoms with Gasteiger partial charge in [0.25, 0.3) is 0 Å². The minimum Gasteiger partial charge on any atom is -0.366 e. The number of carbonyl (C=O) groups is 3. The number of ketones is 1. The van der Waals surface area contributed by atoms with Gasteiger partial charge in [0.1, 0.15) is 0 Å². The molecule has 6 nitrogen and oxygen atoms in total. The number of halogens is 2. The molecule has 164 valence electrons. The molecule has 0 atom stereocenters. The molecule has 0 spiro atoms. The number of benzene rings is 3. The van der Waals surface area contributed by atoms with Crippen molar-refractivity contribution >= 4 is 63.5 Å². The van der Waals surface area contributed by atoms with Gasteiger partial charge in [0, 0.05) is 22.8 Å². The second-order valence-corrected chi connectivity index (χ2v) is 8.19. The van der Waals surface area contributed by atoms with Gasteiger partial charge in [0.15, 0.2) is 12.1 Å². The van der Waals surface area contributed by atoms with Crippen LogP contribution in [0.25, 0.3) is 22.0 Å². The van der Waals surface area contributed by atoms with Crippen molar-refractivity contribution in [2.24, 2.45) is 5.73 Å². The largest absolute Gasteiger partial charge is 0.366 e. The first-order valence-electron chi connectivity index (χ1n) is 9.83. The van der Waals surface area contributed by atoms with Crippen LogP contribution in [0.3, 0.4) is 0 Å². The number of amides is 1. The molecule has 3 aromatic carbocycles.